The van der Waals surface area contributed by atoms with Crippen LogP contribution in [-0.2, 0) is 9.53 Å². The Kier molecular flexibility index (Phi) is 7.23. The Morgan fingerprint density at radius 2 is 2.17 bits per heavy atom. The van der Waals surface area contributed by atoms with Gasteiger partial charge in [-0.1, -0.05) is 13.3 Å². The number of carbonyl (C=O) groups is 1. The number of likely N-dealkylation sites (N-methyl/N-ethyl adjacent to an activating group) is 2. The van der Waals surface area contributed by atoms with Crippen molar-refractivity contribution in [1.29, 1.82) is 0 Å². The summed E-state index contributed by atoms with van der Waals surface area (Å²) in [5, 5.41) is 3.19. The number of hydrogen-bond donors (Lipinski definition) is 1. The van der Waals surface area contributed by atoms with E-state index in [2.05, 4.69) is 36.1 Å². The first kappa shape index (κ1) is 15.4. The van der Waals surface area contributed by atoms with E-state index in [-0.39, 0.29) is 5.97 Å². The van der Waals surface area contributed by atoms with Crippen molar-refractivity contribution in [3.8, 4) is 0 Å². The summed E-state index contributed by atoms with van der Waals surface area (Å²) in [6.45, 7) is 7.04. The van der Waals surface area contributed by atoms with Crippen molar-refractivity contribution in [2.75, 3.05) is 53.4 Å². The van der Waals surface area contributed by atoms with E-state index in [1.807, 2.05) is 0 Å². The van der Waals surface area contributed by atoms with Crippen LogP contribution in [0.5, 0.6) is 0 Å². The number of ether oxygens (including phenoxy) is 1. The molecule has 1 rings (SSSR count). The number of carbonyl (C=O) groups excluding carboxylic acids is 1. The van der Waals surface area contributed by atoms with E-state index in [1.54, 1.807) is 0 Å². The van der Waals surface area contributed by atoms with Crippen LogP contribution in [0.2, 0.25) is 0 Å². The second-order valence-electron chi connectivity index (χ2n) is 5.10. The minimum Gasteiger partial charge on any atom is -0.465 e. The lowest BCUT2D eigenvalue weighted by molar-refractivity contribution is -0.142. The number of nitrogens with one attached hydrogen (secondary N) is 1. The number of hydrogen-bond acceptors (Lipinski definition) is 5. The summed E-state index contributed by atoms with van der Waals surface area (Å²) in [7, 11) is 4.28. The van der Waals surface area contributed by atoms with E-state index in [0.717, 1.165) is 39.0 Å². The minimum absolute atomic E-state index is 0.143. The molecule has 1 aliphatic rings. The molecular formula is C13H27N3O2. The molecular weight excluding hydrogens is 230 g/mol. The van der Waals surface area contributed by atoms with Crippen LogP contribution >= 0.6 is 0 Å². The highest BCUT2D eigenvalue weighted by Crippen LogP contribution is 2.04. The van der Waals surface area contributed by atoms with Crippen molar-refractivity contribution in [3.63, 3.8) is 0 Å². The molecule has 0 amide bonds. The Morgan fingerprint density at radius 1 is 1.39 bits per heavy atom. The van der Waals surface area contributed by atoms with Crippen molar-refractivity contribution < 1.29 is 9.53 Å². The first-order valence-electron chi connectivity index (χ1n) is 6.88. The maximum Gasteiger partial charge on any atom is 0.319 e. The number of esters is 1. The highest BCUT2D eigenvalue weighted by atomic mass is 16.5. The summed E-state index contributed by atoms with van der Waals surface area (Å²) < 4.78 is 5.09. The molecule has 106 valence electrons. The van der Waals surface area contributed by atoms with Gasteiger partial charge >= 0.3 is 5.97 Å². The molecule has 0 aliphatic carbocycles. The molecule has 1 heterocycles. The molecule has 0 aromatic heterocycles. The normalized spacial score (nSPS) is 22.1. The maximum absolute atomic E-state index is 11.4. The number of nitrogens with zero attached hydrogens (tertiary/aromatic N) is 2. The number of unbranched alkanes of at least 4 members (excludes halogenated alkanes) is 1. The minimum atomic E-state index is -0.143. The zero-order valence-corrected chi connectivity index (χ0v) is 11.9. The second-order valence-corrected chi connectivity index (χ2v) is 5.10. The summed E-state index contributed by atoms with van der Waals surface area (Å²) in [6, 6.07) is 0.479. The van der Waals surface area contributed by atoms with Crippen molar-refractivity contribution in [1.82, 2.24) is 15.1 Å². The molecule has 1 unspecified atom stereocenters. The first-order chi connectivity index (χ1) is 8.63. The van der Waals surface area contributed by atoms with Crippen molar-refractivity contribution in [3.05, 3.63) is 0 Å². The number of piperazine rings is 1. The third kappa shape index (κ3) is 5.80. The van der Waals surface area contributed by atoms with E-state index < -0.39 is 0 Å². The zero-order valence-electron chi connectivity index (χ0n) is 11.9. The van der Waals surface area contributed by atoms with E-state index in [0.29, 0.717) is 19.2 Å². The van der Waals surface area contributed by atoms with Gasteiger partial charge in [-0.2, -0.15) is 0 Å². The van der Waals surface area contributed by atoms with Gasteiger partial charge in [0.25, 0.3) is 0 Å². The highest BCUT2D eigenvalue weighted by molar-refractivity contribution is 5.71. The van der Waals surface area contributed by atoms with Crippen LogP contribution in [0.1, 0.15) is 19.8 Å². The molecule has 1 aliphatic heterocycles. The van der Waals surface area contributed by atoms with E-state index in [4.69, 9.17) is 4.74 Å². The lowest BCUT2D eigenvalue weighted by Crippen LogP contribution is -2.54. The fourth-order valence-electron chi connectivity index (χ4n) is 2.04. The molecule has 0 aromatic carbocycles. The summed E-state index contributed by atoms with van der Waals surface area (Å²) in [6.07, 6.45) is 2.00. The zero-order chi connectivity index (χ0) is 13.4. The summed E-state index contributed by atoms with van der Waals surface area (Å²) in [5.41, 5.74) is 0. The van der Waals surface area contributed by atoms with Crippen LogP contribution in [-0.4, -0.2) is 75.2 Å². The van der Waals surface area contributed by atoms with Crippen LogP contribution in [0.3, 0.4) is 0 Å². The molecule has 1 fully saturated rings. The van der Waals surface area contributed by atoms with E-state index in [9.17, 15) is 4.79 Å². The largest absolute Gasteiger partial charge is 0.465 e. The summed E-state index contributed by atoms with van der Waals surface area (Å²) in [5.74, 6) is -0.143. The smallest absolute Gasteiger partial charge is 0.319 e. The highest BCUT2D eigenvalue weighted by Gasteiger charge is 2.21. The van der Waals surface area contributed by atoms with Crippen LogP contribution in [0.25, 0.3) is 0 Å². The van der Waals surface area contributed by atoms with Gasteiger partial charge in [0, 0.05) is 32.2 Å². The Bertz CT molecular complexity index is 248. The van der Waals surface area contributed by atoms with Crippen LogP contribution in [0.4, 0.5) is 0 Å². The van der Waals surface area contributed by atoms with Crippen molar-refractivity contribution in [2.24, 2.45) is 0 Å². The third-order valence-electron chi connectivity index (χ3n) is 3.39. The number of rotatable bonds is 7. The molecule has 1 N–H and O–H groups in total. The Balaban J connectivity index is 2.10. The average Bonchev–Trinajstić information content (AvgIpc) is 2.34. The Labute approximate surface area is 110 Å². The maximum atomic E-state index is 11.4. The molecule has 5 nitrogen and oxygen atoms in total. The molecule has 5 heteroatoms. The molecule has 0 spiro atoms. The Hall–Kier alpha value is -0.650. The summed E-state index contributed by atoms with van der Waals surface area (Å²) in [4.78, 5) is 16.1. The lowest BCUT2D eigenvalue weighted by Gasteiger charge is -2.37. The molecule has 0 aromatic rings. The quantitative estimate of drug-likeness (QED) is 0.520. The monoisotopic (exact) mass is 257 g/mol. The van der Waals surface area contributed by atoms with Crippen molar-refractivity contribution in [2.45, 2.75) is 25.8 Å². The lowest BCUT2D eigenvalue weighted by atomic mass is 10.2. The summed E-state index contributed by atoms with van der Waals surface area (Å²) >= 11 is 0. The van der Waals surface area contributed by atoms with Crippen LogP contribution in [0, 0.1) is 0 Å². The fourth-order valence-corrected chi connectivity index (χ4v) is 2.04. The van der Waals surface area contributed by atoms with Gasteiger partial charge in [-0.15, -0.1) is 0 Å². The van der Waals surface area contributed by atoms with Gasteiger partial charge in [0.15, 0.2) is 0 Å². The second kappa shape index (κ2) is 8.45. The topological polar surface area (TPSA) is 44.8 Å². The average molecular weight is 257 g/mol. The van der Waals surface area contributed by atoms with Gasteiger partial charge in [-0.05, 0) is 20.5 Å². The van der Waals surface area contributed by atoms with E-state index in [1.165, 1.54) is 0 Å². The van der Waals surface area contributed by atoms with Gasteiger partial charge in [-0.25, -0.2) is 0 Å². The molecule has 0 bridgehead atoms. The molecule has 1 atom stereocenters. The molecule has 18 heavy (non-hydrogen) atoms. The van der Waals surface area contributed by atoms with Crippen molar-refractivity contribution >= 4 is 5.97 Å². The molecule has 0 saturated carbocycles. The fraction of sp³-hybridized carbons (Fsp3) is 0.923. The van der Waals surface area contributed by atoms with Crippen LogP contribution in [0.15, 0.2) is 0 Å². The van der Waals surface area contributed by atoms with Gasteiger partial charge in [0.1, 0.15) is 0 Å². The molecule has 0 radical (unpaired) electrons. The SMILES string of the molecule is CCCCOC(=O)CNCC1CN(C)CCN1C. The van der Waals surface area contributed by atoms with Crippen LogP contribution < -0.4 is 5.32 Å². The Morgan fingerprint density at radius 3 is 2.89 bits per heavy atom. The third-order valence-corrected chi connectivity index (χ3v) is 3.39. The van der Waals surface area contributed by atoms with Gasteiger partial charge in [0.2, 0.25) is 0 Å². The van der Waals surface area contributed by atoms with Gasteiger partial charge < -0.3 is 15.0 Å². The first-order valence-corrected chi connectivity index (χ1v) is 6.88. The standard InChI is InChI=1S/C13H27N3O2/c1-4-5-8-18-13(17)10-14-9-12-11-15(2)6-7-16(12)3/h12,14H,4-11H2,1-3H3. The predicted octanol–water partition coefficient (Wildman–Crippen LogP) is 0.165. The predicted molar refractivity (Wildman–Crippen MR) is 72.7 cm³/mol. The van der Waals surface area contributed by atoms with Gasteiger partial charge in [-0.3, -0.25) is 9.69 Å². The van der Waals surface area contributed by atoms with Gasteiger partial charge in [0.05, 0.1) is 13.2 Å². The molecule has 1 saturated heterocycles. The van der Waals surface area contributed by atoms with E-state index >= 15 is 0 Å².